The van der Waals surface area contributed by atoms with Crippen LogP contribution in [0, 0.1) is 6.92 Å². The van der Waals surface area contributed by atoms with Gasteiger partial charge in [0, 0.05) is 39.3 Å². The van der Waals surface area contributed by atoms with Gasteiger partial charge in [-0.1, -0.05) is 159 Å². The lowest BCUT2D eigenvalue weighted by Gasteiger charge is -2.48. The largest absolute Gasteiger partial charge is 0.376 e. The molecule has 0 spiro atoms. The predicted molar refractivity (Wildman–Crippen MR) is 245 cm³/mol. The number of hydrogen-bond acceptors (Lipinski definition) is 2. The summed E-state index contributed by atoms with van der Waals surface area (Å²) in [4.78, 5) is 5.30. The maximum Gasteiger partial charge on any atom is 0.333 e. The summed E-state index contributed by atoms with van der Waals surface area (Å²) in [6, 6.07) is 55.5. The molecule has 0 atom stereocenters. The molecule has 0 N–H and O–H groups in total. The third kappa shape index (κ3) is 5.31. The summed E-state index contributed by atoms with van der Waals surface area (Å²) >= 11 is 0. The fourth-order valence-corrected chi connectivity index (χ4v) is 10.1. The van der Waals surface area contributed by atoms with Crippen LogP contribution in [0.2, 0.25) is 0 Å². The summed E-state index contributed by atoms with van der Waals surface area (Å²) in [6.07, 6.45) is 0. The van der Waals surface area contributed by atoms with Gasteiger partial charge in [0.05, 0.1) is 5.69 Å². The summed E-state index contributed by atoms with van der Waals surface area (Å²) in [5.74, 6) is 0. The van der Waals surface area contributed by atoms with Gasteiger partial charge in [0.15, 0.2) is 0 Å². The van der Waals surface area contributed by atoms with E-state index in [0.29, 0.717) is 0 Å². The third-order valence-electron chi connectivity index (χ3n) is 13.0. The van der Waals surface area contributed by atoms with Gasteiger partial charge in [0.1, 0.15) is 0 Å². The second-order valence-electron chi connectivity index (χ2n) is 19.1. The predicted octanol–water partition coefficient (Wildman–Crippen LogP) is 13.3. The van der Waals surface area contributed by atoms with Crippen LogP contribution in [-0.2, 0) is 16.2 Å². The Bertz CT molecular complexity index is 2740. The number of fused-ring (bicyclic) bond motifs is 8. The Hall–Kier alpha value is -5.80. The number of aryl methyl sites for hydroxylation is 1. The molecule has 2 nitrogen and oxygen atoms in total. The zero-order valence-corrected chi connectivity index (χ0v) is 34.8. The van der Waals surface area contributed by atoms with Crippen molar-refractivity contribution in [3.05, 3.63) is 173 Å². The SMILES string of the molecule is Cc1cc2c3c(c1)N(c1ccccc1-c1ccccc1)c1ccc4c(c1B3N(c1ccc(C(C)(C)C)cc1)c1ccc(C(C)(C)C)cc1-2)C(C)(C)c1ccccc1-4. The van der Waals surface area contributed by atoms with Crippen LogP contribution < -0.4 is 20.6 Å². The molecule has 0 radical (unpaired) electrons. The second kappa shape index (κ2) is 12.4. The second-order valence-corrected chi connectivity index (χ2v) is 19.1. The number of hydrogen-bond donors (Lipinski definition) is 0. The van der Waals surface area contributed by atoms with Crippen molar-refractivity contribution in [2.24, 2.45) is 0 Å². The van der Waals surface area contributed by atoms with Crippen LogP contribution >= 0.6 is 0 Å². The van der Waals surface area contributed by atoms with Gasteiger partial charge in [-0.05, 0) is 121 Å². The first kappa shape index (κ1) is 35.6. The van der Waals surface area contributed by atoms with Crippen molar-refractivity contribution >= 4 is 46.2 Å². The Labute approximate surface area is 340 Å². The van der Waals surface area contributed by atoms with Crippen molar-refractivity contribution in [1.29, 1.82) is 0 Å². The van der Waals surface area contributed by atoms with Gasteiger partial charge in [-0.25, -0.2) is 0 Å². The highest BCUT2D eigenvalue weighted by Gasteiger charge is 2.50. The van der Waals surface area contributed by atoms with Gasteiger partial charge in [-0.15, -0.1) is 0 Å². The topological polar surface area (TPSA) is 6.48 Å². The first-order valence-electron chi connectivity index (χ1n) is 20.6. The molecule has 0 saturated carbocycles. The van der Waals surface area contributed by atoms with Crippen LogP contribution in [0.5, 0.6) is 0 Å². The fraction of sp³-hybridized carbons (Fsp3) is 0.222. The maximum absolute atomic E-state index is 2.69. The van der Waals surface area contributed by atoms with Crippen molar-refractivity contribution in [2.75, 3.05) is 9.71 Å². The Kier molecular flexibility index (Phi) is 7.72. The molecule has 0 saturated heterocycles. The molecule has 0 amide bonds. The monoisotopic (exact) mass is 738 g/mol. The molecule has 3 heteroatoms. The van der Waals surface area contributed by atoms with Gasteiger partial charge in [0.2, 0.25) is 0 Å². The molecule has 2 heterocycles. The average molecular weight is 739 g/mol. The molecule has 0 bridgehead atoms. The minimum atomic E-state index is -0.220. The number of para-hydroxylation sites is 1. The molecular weight excluding hydrogens is 687 g/mol. The number of anilines is 5. The minimum Gasteiger partial charge on any atom is -0.376 e. The van der Waals surface area contributed by atoms with E-state index in [0.717, 1.165) is 0 Å². The molecule has 280 valence electrons. The molecular formula is C54H51BN2. The van der Waals surface area contributed by atoms with Crippen molar-refractivity contribution in [1.82, 2.24) is 0 Å². The van der Waals surface area contributed by atoms with E-state index in [1.54, 1.807) is 0 Å². The van der Waals surface area contributed by atoms with E-state index in [-0.39, 0.29) is 23.1 Å². The minimum absolute atomic E-state index is 0.00116. The Morgan fingerprint density at radius 2 is 1.11 bits per heavy atom. The van der Waals surface area contributed by atoms with Crippen molar-refractivity contribution in [3.8, 4) is 33.4 Å². The van der Waals surface area contributed by atoms with Crippen LogP contribution in [0.1, 0.15) is 83.2 Å². The summed E-state index contributed by atoms with van der Waals surface area (Å²) in [5.41, 5.74) is 23.3. The standard InChI is InChI=1S/C54H51BN2/c1-34-31-43-42-33-37(53(5,6)7)25-29-46(42)57(38-26-23-36(24-27-38)52(2,3)4)55-50(43)48(32-34)56(45-22-16-14-19-39(45)35-17-11-10-12-18-35)47-30-28-41-40-20-13-15-21-44(40)54(8,9)49(41)51(47)55/h10-33H,1-9H3. The molecule has 57 heavy (non-hydrogen) atoms. The van der Waals surface area contributed by atoms with Crippen LogP contribution in [0.25, 0.3) is 33.4 Å². The molecule has 1 aliphatic carbocycles. The first-order valence-corrected chi connectivity index (χ1v) is 20.6. The highest BCUT2D eigenvalue weighted by molar-refractivity contribution is 6.94. The summed E-state index contributed by atoms with van der Waals surface area (Å²) < 4.78 is 0. The van der Waals surface area contributed by atoms with Gasteiger partial charge in [0.25, 0.3) is 0 Å². The molecule has 0 aromatic heterocycles. The fourth-order valence-electron chi connectivity index (χ4n) is 10.1. The van der Waals surface area contributed by atoms with E-state index in [2.05, 4.69) is 218 Å². The molecule has 7 aromatic rings. The van der Waals surface area contributed by atoms with E-state index < -0.39 is 0 Å². The Balaban J connectivity index is 1.36. The van der Waals surface area contributed by atoms with Gasteiger partial charge >= 0.3 is 6.85 Å². The van der Waals surface area contributed by atoms with Crippen molar-refractivity contribution < 1.29 is 0 Å². The highest BCUT2D eigenvalue weighted by Crippen LogP contribution is 2.54. The molecule has 0 fully saturated rings. The van der Waals surface area contributed by atoms with E-state index in [1.165, 1.54) is 101 Å². The van der Waals surface area contributed by atoms with Gasteiger partial charge < -0.3 is 9.71 Å². The zero-order chi connectivity index (χ0) is 39.6. The highest BCUT2D eigenvalue weighted by atomic mass is 15.2. The molecule has 10 rings (SSSR count). The summed E-state index contributed by atoms with van der Waals surface area (Å²) in [5, 5.41) is 0. The smallest absolute Gasteiger partial charge is 0.333 e. The van der Waals surface area contributed by atoms with E-state index in [9.17, 15) is 0 Å². The quantitative estimate of drug-likeness (QED) is 0.167. The Morgan fingerprint density at radius 3 is 1.82 bits per heavy atom. The molecule has 7 aromatic carbocycles. The van der Waals surface area contributed by atoms with Gasteiger partial charge in [-0.3, -0.25) is 0 Å². The maximum atomic E-state index is 2.69. The summed E-state index contributed by atoms with van der Waals surface area (Å²) in [6.45, 7) is 21.0. The van der Waals surface area contributed by atoms with Crippen LogP contribution in [0.4, 0.5) is 28.4 Å². The zero-order valence-electron chi connectivity index (χ0n) is 34.8. The van der Waals surface area contributed by atoms with E-state index in [1.807, 2.05) is 0 Å². The van der Waals surface area contributed by atoms with Crippen molar-refractivity contribution in [3.63, 3.8) is 0 Å². The lowest BCUT2D eigenvalue weighted by atomic mass is 9.41. The Morgan fingerprint density at radius 1 is 0.474 bits per heavy atom. The average Bonchev–Trinajstić information content (AvgIpc) is 3.43. The van der Waals surface area contributed by atoms with Gasteiger partial charge in [-0.2, -0.15) is 0 Å². The van der Waals surface area contributed by atoms with Crippen LogP contribution in [0.15, 0.2) is 146 Å². The molecule has 3 aliphatic rings. The lowest BCUT2D eigenvalue weighted by Crippen LogP contribution is -2.63. The summed E-state index contributed by atoms with van der Waals surface area (Å²) in [7, 11) is 0. The van der Waals surface area contributed by atoms with E-state index in [4.69, 9.17) is 0 Å². The lowest BCUT2D eigenvalue weighted by molar-refractivity contribution is 0.590. The molecule has 2 aliphatic heterocycles. The normalized spacial score (nSPS) is 14.8. The number of nitrogens with zero attached hydrogens (tertiary/aromatic N) is 2. The van der Waals surface area contributed by atoms with E-state index >= 15 is 0 Å². The molecule has 0 unspecified atom stereocenters. The van der Waals surface area contributed by atoms with Crippen molar-refractivity contribution in [2.45, 2.75) is 78.6 Å². The van der Waals surface area contributed by atoms with Crippen LogP contribution in [-0.4, -0.2) is 6.85 Å². The number of rotatable bonds is 3. The van der Waals surface area contributed by atoms with Crippen LogP contribution in [0.3, 0.4) is 0 Å². The first-order chi connectivity index (χ1) is 27.2. The third-order valence-corrected chi connectivity index (χ3v) is 13.0. The number of benzene rings is 7.